The van der Waals surface area contributed by atoms with E-state index in [4.69, 9.17) is 0 Å². The highest BCUT2D eigenvalue weighted by atomic mass is 32.1. The van der Waals surface area contributed by atoms with E-state index in [2.05, 4.69) is 4.98 Å². The van der Waals surface area contributed by atoms with Gasteiger partial charge in [0.25, 0.3) is 5.91 Å². The van der Waals surface area contributed by atoms with Gasteiger partial charge >= 0.3 is 0 Å². The van der Waals surface area contributed by atoms with Crippen LogP contribution in [0, 0.1) is 12.8 Å². The van der Waals surface area contributed by atoms with Gasteiger partial charge in [-0.25, -0.2) is 4.98 Å². The van der Waals surface area contributed by atoms with E-state index in [1.165, 1.54) is 22.7 Å². The van der Waals surface area contributed by atoms with Gasteiger partial charge in [0.2, 0.25) is 5.91 Å². The first-order chi connectivity index (χ1) is 13.6. The summed E-state index contributed by atoms with van der Waals surface area (Å²) in [4.78, 5) is 34.8. The van der Waals surface area contributed by atoms with Gasteiger partial charge < -0.3 is 4.90 Å². The summed E-state index contributed by atoms with van der Waals surface area (Å²) < 4.78 is 0. The van der Waals surface area contributed by atoms with E-state index < -0.39 is 0 Å². The second kappa shape index (κ2) is 8.24. The zero-order chi connectivity index (χ0) is 19.5. The van der Waals surface area contributed by atoms with Crippen molar-refractivity contribution in [1.82, 2.24) is 9.88 Å². The number of aromatic nitrogens is 1. The van der Waals surface area contributed by atoms with E-state index in [0.717, 1.165) is 16.3 Å². The third-order valence-corrected chi connectivity index (χ3v) is 6.70. The Morgan fingerprint density at radius 3 is 2.43 bits per heavy atom. The van der Waals surface area contributed by atoms with E-state index in [0.29, 0.717) is 31.1 Å². The number of likely N-dealkylation sites (tertiary alicyclic amines) is 1. The third kappa shape index (κ3) is 3.86. The number of thiophene rings is 1. The number of para-hydroxylation sites is 1. The van der Waals surface area contributed by atoms with Crippen LogP contribution in [0.4, 0.5) is 10.8 Å². The topological polar surface area (TPSA) is 53.5 Å². The van der Waals surface area contributed by atoms with E-state index in [-0.39, 0.29) is 17.7 Å². The monoisotopic (exact) mass is 411 g/mol. The Hall–Kier alpha value is -2.51. The minimum Gasteiger partial charge on any atom is -0.338 e. The number of piperidine rings is 1. The molecule has 4 rings (SSSR count). The maximum absolute atomic E-state index is 13.4. The van der Waals surface area contributed by atoms with Crippen LogP contribution >= 0.6 is 22.7 Å². The van der Waals surface area contributed by atoms with Crippen molar-refractivity contribution in [2.75, 3.05) is 18.0 Å². The maximum Gasteiger partial charge on any atom is 0.263 e. The Balaban J connectivity index is 1.50. The highest BCUT2D eigenvalue weighted by Gasteiger charge is 2.33. The molecule has 0 atom stereocenters. The second-order valence-corrected chi connectivity index (χ2v) is 8.61. The van der Waals surface area contributed by atoms with Gasteiger partial charge in [-0.3, -0.25) is 14.5 Å². The fourth-order valence-electron chi connectivity index (χ4n) is 3.42. The summed E-state index contributed by atoms with van der Waals surface area (Å²) in [5.74, 6) is 0.0110. The van der Waals surface area contributed by atoms with Crippen LogP contribution in [0.15, 0.2) is 53.2 Å². The average molecular weight is 412 g/mol. The van der Waals surface area contributed by atoms with Crippen molar-refractivity contribution in [2.45, 2.75) is 19.8 Å². The summed E-state index contributed by atoms with van der Waals surface area (Å²) in [6.45, 7) is 3.14. The molecule has 5 nitrogen and oxygen atoms in total. The summed E-state index contributed by atoms with van der Waals surface area (Å²) >= 11 is 2.94. The Morgan fingerprint density at radius 1 is 1.07 bits per heavy atom. The number of thiazole rings is 1. The van der Waals surface area contributed by atoms with Gasteiger partial charge in [0, 0.05) is 24.4 Å². The van der Waals surface area contributed by atoms with Gasteiger partial charge in [-0.05, 0) is 43.3 Å². The number of benzene rings is 1. The number of rotatable bonds is 4. The van der Waals surface area contributed by atoms with Crippen molar-refractivity contribution in [3.05, 3.63) is 63.8 Å². The molecular weight excluding hydrogens is 390 g/mol. The summed E-state index contributed by atoms with van der Waals surface area (Å²) in [6, 6.07) is 13.4. The molecule has 0 saturated carbocycles. The third-order valence-electron chi connectivity index (χ3n) is 4.90. The number of amides is 2. The fourth-order valence-corrected chi connectivity index (χ4v) is 4.94. The Labute approximate surface area is 172 Å². The van der Waals surface area contributed by atoms with Crippen LogP contribution in [0.1, 0.15) is 28.2 Å². The molecule has 1 aliphatic heterocycles. The molecule has 0 spiro atoms. The summed E-state index contributed by atoms with van der Waals surface area (Å²) in [7, 11) is 0. The highest BCUT2D eigenvalue weighted by molar-refractivity contribution is 7.14. The summed E-state index contributed by atoms with van der Waals surface area (Å²) in [5, 5.41) is 4.57. The van der Waals surface area contributed by atoms with E-state index in [1.807, 2.05) is 65.0 Å². The van der Waals surface area contributed by atoms with Crippen LogP contribution in [0.5, 0.6) is 0 Å². The first-order valence-corrected chi connectivity index (χ1v) is 11.0. The molecule has 0 bridgehead atoms. The average Bonchev–Trinajstić information content (AvgIpc) is 3.41. The number of hydrogen-bond donors (Lipinski definition) is 0. The number of nitrogens with zero attached hydrogens (tertiary/aromatic N) is 3. The lowest BCUT2D eigenvalue weighted by Gasteiger charge is -2.33. The van der Waals surface area contributed by atoms with Crippen molar-refractivity contribution in [1.29, 1.82) is 0 Å². The molecule has 7 heteroatoms. The van der Waals surface area contributed by atoms with E-state index >= 15 is 0 Å². The molecule has 1 saturated heterocycles. The van der Waals surface area contributed by atoms with Crippen LogP contribution in [-0.2, 0) is 4.79 Å². The van der Waals surface area contributed by atoms with Gasteiger partial charge in [-0.15, -0.1) is 22.7 Å². The molecular formula is C21H21N3O2S2. The summed E-state index contributed by atoms with van der Waals surface area (Å²) in [6.07, 6.45) is 1.34. The second-order valence-electron chi connectivity index (χ2n) is 6.82. The molecule has 0 unspecified atom stereocenters. The van der Waals surface area contributed by atoms with Gasteiger partial charge in [-0.2, -0.15) is 0 Å². The van der Waals surface area contributed by atoms with Crippen molar-refractivity contribution in [2.24, 2.45) is 5.92 Å². The highest BCUT2D eigenvalue weighted by Crippen LogP contribution is 2.32. The lowest BCUT2D eigenvalue weighted by Crippen LogP contribution is -2.43. The lowest BCUT2D eigenvalue weighted by molar-refractivity contribution is -0.122. The first kappa shape index (κ1) is 18.8. The maximum atomic E-state index is 13.4. The normalized spacial score (nSPS) is 14.8. The van der Waals surface area contributed by atoms with Gasteiger partial charge in [0.1, 0.15) is 0 Å². The molecule has 2 amide bonds. The molecule has 0 N–H and O–H groups in total. The zero-order valence-electron chi connectivity index (χ0n) is 15.6. The molecule has 1 fully saturated rings. The van der Waals surface area contributed by atoms with Crippen LogP contribution in [0.2, 0.25) is 0 Å². The van der Waals surface area contributed by atoms with Crippen molar-refractivity contribution >= 4 is 45.3 Å². The zero-order valence-corrected chi connectivity index (χ0v) is 17.2. The van der Waals surface area contributed by atoms with Gasteiger partial charge in [0.05, 0.1) is 16.3 Å². The van der Waals surface area contributed by atoms with Crippen LogP contribution in [0.3, 0.4) is 0 Å². The molecule has 2 aromatic heterocycles. The molecule has 1 aromatic carbocycles. The van der Waals surface area contributed by atoms with Crippen LogP contribution in [-0.4, -0.2) is 34.8 Å². The molecule has 0 radical (unpaired) electrons. The van der Waals surface area contributed by atoms with Crippen LogP contribution < -0.4 is 4.90 Å². The molecule has 3 heterocycles. The van der Waals surface area contributed by atoms with Crippen molar-refractivity contribution in [3.63, 3.8) is 0 Å². The Bertz CT molecular complexity index is 945. The van der Waals surface area contributed by atoms with Gasteiger partial charge in [0.15, 0.2) is 5.13 Å². The molecule has 3 aromatic rings. The SMILES string of the molecule is Cc1csc(N(C(=O)C2CCN(C(=O)c3cccs3)CC2)c2ccccc2)n1. The van der Waals surface area contributed by atoms with E-state index in [1.54, 1.807) is 4.90 Å². The van der Waals surface area contributed by atoms with Crippen molar-refractivity contribution < 1.29 is 9.59 Å². The standard InChI is InChI=1S/C21H21N3O2S2/c1-15-14-28-21(22-15)24(17-6-3-2-4-7-17)19(25)16-9-11-23(12-10-16)20(26)18-8-5-13-27-18/h2-8,13-14,16H,9-12H2,1H3. The quantitative estimate of drug-likeness (QED) is 0.624. The predicted molar refractivity (Wildman–Crippen MR) is 113 cm³/mol. The van der Waals surface area contributed by atoms with E-state index in [9.17, 15) is 9.59 Å². The Morgan fingerprint density at radius 2 is 1.82 bits per heavy atom. The smallest absolute Gasteiger partial charge is 0.263 e. The minimum atomic E-state index is -0.114. The minimum absolute atomic E-state index is 0.0590. The molecule has 1 aliphatic rings. The summed E-state index contributed by atoms with van der Waals surface area (Å²) in [5.41, 5.74) is 1.74. The first-order valence-electron chi connectivity index (χ1n) is 9.27. The number of aryl methyl sites for hydroxylation is 1. The number of carbonyl (C=O) groups excluding carboxylic acids is 2. The Kier molecular flexibility index (Phi) is 5.54. The molecule has 28 heavy (non-hydrogen) atoms. The number of carbonyl (C=O) groups is 2. The van der Waals surface area contributed by atoms with Crippen LogP contribution in [0.25, 0.3) is 0 Å². The predicted octanol–water partition coefficient (Wildman–Crippen LogP) is 4.73. The number of hydrogen-bond acceptors (Lipinski definition) is 5. The van der Waals surface area contributed by atoms with Gasteiger partial charge in [-0.1, -0.05) is 24.3 Å². The number of anilines is 2. The van der Waals surface area contributed by atoms with Crippen molar-refractivity contribution in [3.8, 4) is 0 Å². The largest absolute Gasteiger partial charge is 0.338 e. The molecule has 144 valence electrons. The lowest BCUT2D eigenvalue weighted by atomic mass is 9.95. The molecule has 0 aliphatic carbocycles. The fraction of sp³-hybridized carbons (Fsp3) is 0.286.